The van der Waals surface area contributed by atoms with E-state index in [0.29, 0.717) is 24.6 Å². The summed E-state index contributed by atoms with van der Waals surface area (Å²) in [4.78, 5) is 3.95. The van der Waals surface area contributed by atoms with E-state index >= 15 is 0 Å². The van der Waals surface area contributed by atoms with Crippen LogP contribution in [0.5, 0.6) is 0 Å². The molecule has 1 aromatic heterocycles. The van der Waals surface area contributed by atoms with Crippen LogP contribution >= 0.6 is 27.3 Å². The Kier molecular flexibility index (Phi) is 3.80. The number of thiazole rings is 1. The fourth-order valence-electron chi connectivity index (χ4n) is 2.19. The van der Waals surface area contributed by atoms with Crippen molar-refractivity contribution in [2.45, 2.75) is 13.0 Å². The molecule has 5 nitrogen and oxygen atoms in total. The summed E-state index contributed by atoms with van der Waals surface area (Å²) in [5, 5.41) is 2.13. The smallest absolute Gasteiger partial charge is 0.246 e. The third-order valence-electron chi connectivity index (χ3n) is 3.16. The summed E-state index contributed by atoms with van der Waals surface area (Å²) >= 11 is 4.78. The topological polar surface area (TPSA) is 62.3 Å². The second kappa shape index (κ2) is 5.44. The van der Waals surface area contributed by atoms with Crippen LogP contribution in [0.25, 0.3) is 0 Å². The molecule has 1 N–H and O–H groups in total. The lowest BCUT2D eigenvalue weighted by atomic mass is 10.0. The first kappa shape index (κ1) is 14.0. The molecule has 0 bridgehead atoms. The third kappa shape index (κ3) is 2.73. The van der Waals surface area contributed by atoms with Crippen LogP contribution in [-0.4, -0.2) is 24.3 Å². The van der Waals surface area contributed by atoms with E-state index in [-0.39, 0.29) is 0 Å². The second-order valence-corrected chi connectivity index (χ2v) is 7.82. The molecule has 8 heteroatoms. The molecule has 0 aliphatic carbocycles. The van der Waals surface area contributed by atoms with Crippen molar-refractivity contribution in [3.8, 4) is 0 Å². The van der Waals surface area contributed by atoms with E-state index in [4.69, 9.17) is 0 Å². The Labute approximate surface area is 130 Å². The zero-order valence-corrected chi connectivity index (χ0v) is 13.6. The van der Waals surface area contributed by atoms with Gasteiger partial charge in [-0.15, -0.1) is 11.3 Å². The Bertz CT molecular complexity index is 716. The molecule has 1 aliphatic rings. The molecule has 1 aromatic carbocycles. The molecule has 3 rings (SSSR count). The van der Waals surface area contributed by atoms with Crippen LogP contribution in [0, 0.1) is 0 Å². The standard InChI is InChI=1S/C12H12BrN3O2S2/c13-11-3-1-2-9-8-16(6-4-10(9)11)20(17,18)15-12-14-5-7-19-12/h1-3,5,7H,4,6,8H2,(H,14,15). The van der Waals surface area contributed by atoms with E-state index in [2.05, 4.69) is 25.6 Å². The number of nitrogens with one attached hydrogen (secondary N) is 1. The number of hydrogen-bond acceptors (Lipinski definition) is 4. The maximum atomic E-state index is 12.3. The number of anilines is 1. The van der Waals surface area contributed by atoms with Gasteiger partial charge in [-0.3, -0.25) is 0 Å². The zero-order chi connectivity index (χ0) is 14.2. The molecule has 0 unspecified atom stereocenters. The first-order valence-corrected chi connectivity index (χ1v) is 9.11. The van der Waals surface area contributed by atoms with E-state index in [9.17, 15) is 8.42 Å². The van der Waals surface area contributed by atoms with Gasteiger partial charge >= 0.3 is 10.2 Å². The lowest BCUT2D eigenvalue weighted by Gasteiger charge is -2.28. The van der Waals surface area contributed by atoms with Gasteiger partial charge in [-0.1, -0.05) is 28.1 Å². The van der Waals surface area contributed by atoms with Gasteiger partial charge in [0, 0.05) is 29.1 Å². The first-order chi connectivity index (χ1) is 9.56. The largest absolute Gasteiger partial charge is 0.303 e. The van der Waals surface area contributed by atoms with Gasteiger partial charge < -0.3 is 0 Å². The highest BCUT2D eigenvalue weighted by molar-refractivity contribution is 9.10. The van der Waals surface area contributed by atoms with Gasteiger partial charge in [-0.05, 0) is 23.6 Å². The number of nitrogens with zero attached hydrogens (tertiary/aromatic N) is 2. The average Bonchev–Trinajstić information content (AvgIpc) is 2.91. The normalized spacial score (nSPS) is 15.8. The number of halogens is 1. The van der Waals surface area contributed by atoms with Crippen molar-refractivity contribution in [2.24, 2.45) is 0 Å². The molecule has 0 saturated carbocycles. The molecule has 0 saturated heterocycles. The summed E-state index contributed by atoms with van der Waals surface area (Å²) in [5.74, 6) is 0. The molecule has 2 heterocycles. The lowest BCUT2D eigenvalue weighted by molar-refractivity contribution is 0.394. The number of aromatic nitrogens is 1. The van der Waals surface area contributed by atoms with E-state index in [1.807, 2.05) is 18.2 Å². The summed E-state index contributed by atoms with van der Waals surface area (Å²) in [6, 6.07) is 5.87. The Morgan fingerprint density at radius 1 is 1.40 bits per heavy atom. The van der Waals surface area contributed by atoms with Crippen LogP contribution in [-0.2, 0) is 23.2 Å². The predicted octanol–water partition coefficient (Wildman–Crippen LogP) is 2.62. The molecule has 2 aromatic rings. The number of hydrogen-bond donors (Lipinski definition) is 1. The van der Waals surface area contributed by atoms with Crippen LogP contribution in [0.4, 0.5) is 5.13 Å². The van der Waals surface area contributed by atoms with Crippen molar-refractivity contribution in [2.75, 3.05) is 11.3 Å². The predicted molar refractivity (Wildman–Crippen MR) is 82.9 cm³/mol. The number of fused-ring (bicyclic) bond motifs is 1. The summed E-state index contributed by atoms with van der Waals surface area (Å²) in [6.45, 7) is 0.853. The SMILES string of the molecule is O=S(=O)(Nc1nccs1)N1CCc2c(Br)cccc2C1. The summed E-state index contributed by atoms with van der Waals surface area (Å²) in [5.41, 5.74) is 2.23. The highest BCUT2D eigenvalue weighted by atomic mass is 79.9. The molecular formula is C12H12BrN3O2S2. The summed E-state index contributed by atoms with van der Waals surface area (Å²) in [7, 11) is -3.55. The van der Waals surface area contributed by atoms with Gasteiger partial charge in [0.2, 0.25) is 0 Å². The van der Waals surface area contributed by atoms with Crippen molar-refractivity contribution in [1.29, 1.82) is 0 Å². The van der Waals surface area contributed by atoms with Crippen LogP contribution < -0.4 is 4.72 Å². The number of rotatable bonds is 3. The van der Waals surface area contributed by atoms with Crippen molar-refractivity contribution < 1.29 is 8.42 Å². The van der Waals surface area contributed by atoms with Gasteiger partial charge in [-0.25, -0.2) is 9.71 Å². The van der Waals surface area contributed by atoms with E-state index in [0.717, 1.165) is 10.0 Å². The maximum Gasteiger partial charge on any atom is 0.303 e. The lowest BCUT2D eigenvalue weighted by Crippen LogP contribution is -2.39. The van der Waals surface area contributed by atoms with E-state index < -0.39 is 10.2 Å². The fourth-order valence-corrected chi connectivity index (χ4v) is 4.72. The molecule has 20 heavy (non-hydrogen) atoms. The van der Waals surface area contributed by atoms with Crippen molar-refractivity contribution in [3.05, 3.63) is 45.4 Å². The third-order valence-corrected chi connectivity index (χ3v) is 6.17. The van der Waals surface area contributed by atoms with Gasteiger partial charge in [0.05, 0.1) is 0 Å². The quantitative estimate of drug-likeness (QED) is 0.899. The first-order valence-electron chi connectivity index (χ1n) is 6.00. The maximum absolute atomic E-state index is 12.3. The highest BCUT2D eigenvalue weighted by Crippen LogP contribution is 2.28. The van der Waals surface area contributed by atoms with Gasteiger partial charge in [-0.2, -0.15) is 12.7 Å². The van der Waals surface area contributed by atoms with Crippen LogP contribution in [0.15, 0.2) is 34.2 Å². The number of benzene rings is 1. The minimum Gasteiger partial charge on any atom is -0.246 e. The van der Waals surface area contributed by atoms with Crippen molar-refractivity contribution in [1.82, 2.24) is 9.29 Å². The molecule has 0 atom stereocenters. The molecule has 106 valence electrons. The zero-order valence-electron chi connectivity index (χ0n) is 10.4. The van der Waals surface area contributed by atoms with Crippen LogP contribution in [0.3, 0.4) is 0 Å². The second-order valence-electron chi connectivity index (χ2n) is 4.41. The van der Waals surface area contributed by atoms with Crippen molar-refractivity contribution in [3.63, 3.8) is 0 Å². The van der Waals surface area contributed by atoms with E-state index in [1.54, 1.807) is 11.6 Å². The van der Waals surface area contributed by atoms with Gasteiger partial charge in [0.15, 0.2) is 5.13 Å². The minimum atomic E-state index is -3.55. The minimum absolute atomic E-state index is 0.384. The summed E-state index contributed by atoms with van der Waals surface area (Å²) < 4.78 is 29.6. The molecular weight excluding hydrogens is 362 g/mol. The van der Waals surface area contributed by atoms with Gasteiger partial charge in [0.1, 0.15) is 0 Å². The van der Waals surface area contributed by atoms with Gasteiger partial charge in [0.25, 0.3) is 0 Å². The molecule has 0 fully saturated rings. The summed E-state index contributed by atoms with van der Waals surface area (Å²) in [6.07, 6.45) is 2.28. The fraction of sp³-hybridized carbons (Fsp3) is 0.250. The van der Waals surface area contributed by atoms with Crippen LogP contribution in [0.2, 0.25) is 0 Å². The Hall–Kier alpha value is -0.960. The Morgan fingerprint density at radius 3 is 3.00 bits per heavy atom. The Morgan fingerprint density at radius 2 is 2.25 bits per heavy atom. The molecule has 0 amide bonds. The Balaban J connectivity index is 1.83. The monoisotopic (exact) mass is 373 g/mol. The van der Waals surface area contributed by atoms with Crippen LogP contribution in [0.1, 0.15) is 11.1 Å². The molecule has 0 radical (unpaired) electrons. The molecule has 0 spiro atoms. The highest BCUT2D eigenvalue weighted by Gasteiger charge is 2.27. The molecule has 1 aliphatic heterocycles. The average molecular weight is 374 g/mol. The van der Waals surface area contributed by atoms with Crippen molar-refractivity contribution >= 4 is 42.6 Å². The van der Waals surface area contributed by atoms with E-state index in [1.165, 1.54) is 21.2 Å².